The minimum absolute atomic E-state index is 1.32. The number of nitrogens with zero attached hydrogens (tertiary/aromatic N) is 2. The molecule has 0 unspecified atom stereocenters. The third-order valence-electron chi connectivity index (χ3n) is 2.35. The van der Waals surface area contributed by atoms with Crippen LogP contribution in [0.4, 0.5) is 0 Å². The van der Waals surface area contributed by atoms with Gasteiger partial charge < -0.3 is 9.80 Å². The van der Waals surface area contributed by atoms with Crippen molar-refractivity contribution < 1.29 is 0 Å². The zero-order valence-corrected chi connectivity index (χ0v) is 14.6. The van der Waals surface area contributed by atoms with Gasteiger partial charge in [0.25, 0.3) is 0 Å². The fourth-order valence-electron chi connectivity index (χ4n) is 1.46. The van der Waals surface area contributed by atoms with E-state index in [2.05, 4.69) is 18.5 Å². The Kier molecular flexibility index (Phi) is 27.5. The smallest absolute Gasteiger partial charge is 0.00556 e. The summed E-state index contributed by atoms with van der Waals surface area (Å²) >= 11 is 0. The van der Waals surface area contributed by atoms with Crippen molar-refractivity contribution in [3.63, 3.8) is 0 Å². The van der Waals surface area contributed by atoms with Crippen molar-refractivity contribution in [3.8, 4) is 0 Å². The van der Waals surface area contributed by atoms with Gasteiger partial charge in [0.05, 0.1) is 0 Å². The molecule has 0 N–H and O–H groups in total. The Morgan fingerprint density at radius 1 is 0.895 bits per heavy atom. The molecule has 1 heterocycles. The average Bonchev–Trinajstić information content (AvgIpc) is 2.69. The summed E-state index contributed by atoms with van der Waals surface area (Å²) in [7, 11) is 6.16. The van der Waals surface area contributed by atoms with Crippen LogP contribution in [0.25, 0.3) is 0 Å². The fraction of sp³-hybridized carbons (Fsp3) is 0.765. The van der Waals surface area contributed by atoms with Crippen molar-refractivity contribution in [2.75, 3.05) is 34.2 Å². The molecular formula is C17H38N2. The third-order valence-corrected chi connectivity index (χ3v) is 2.35. The van der Waals surface area contributed by atoms with E-state index in [1.165, 1.54) is 38.8 Å². The van der Waals surface area contributed by atoms with Crippen molar-refractivity contribution in [3.05, 3.63) is 24.9 Å². The lowest BCUT2D eigenvalue weighted by molar-refractivity contribution is 0.349. The van der Waals surface area contributed by atoms with Gasteiger partial charge in [-0.15, -0.1) is 0 Å². The quantitative estimate of drug-likeness (QED) is 0.666. The molecule has 0 aromatic rings. The highest BCUT2D eigenvalue weighted by Crippen LogP contribution is 2.06. The lowest BCUT2D eigenvalue weighted by Crippen LogP contribution is -2.18. The molecular weight excluding hydrogens is 232 g/mol. The van der Waals surface area contributed by atoms with Crippen molar-refractivity contribution in [2.45, 2.75) is 53.4 Å². The van der Waals surface area contributed by atoms with E-state index in [0.29, 0.717) is 0 Å². The molecule has 0 atom stereocenters. The van der Waals surface area contributed by atoms with E-state index >= 15 is 0 Å². The predicted molar refractivity (Wildman–Crippen MR) is 91.7 cm³/mol. The topological polar surface area (TPSA) is 6.48 Å². The second-order valence-corrected chi connectivity index (χ2v) is 4.26. The highest BCUT2D eigenvalue weighted by atomic mass is 15.1. The van der Waals surface area contributed by atoms with Gasteiger partial charge >= 0.3 is 0 Å². The van der Waals surface area contributed by atoms with Gasteiger partial charge in [-0.05, 0) is 45.3 Å². The standard InChI is InChI=1S/C7H15N.C6H11N.2C2H6/c1-8-6-4-2-3-5-7-8;1-4-5-6-7(2)3;2*1-2/h2-7H2,1H3;4-6H,1H2,2-3H3;2*1-2H3/b;6-5-;;. The maximum Gasteiger partial charge on any atom is 0.00556 e. The Hall–Kier alpha value is -0.760. The minimum atomic E-state index is 1.32. The Morgan fingerprint density at radius 2 is 1.32 bits per heavy atom. The summed E-state index contributed by atoms with van der Waals surface area (Å²) < 4.78 is 0. The molecule has 0 spiro atoms. The summed E-state index contributed by atoms with van der Waals surface area (Å²) in [6.45, 7) is 14.2. The largest absolute Gasteiger partial charge is 0.383 e. The van der Waals surface area contributed by atoms with E-state index in [9.17, 15) is 0 Å². The molecule has 1 aliphatic heterocycles. The number of allylic oxidation sites excluding steroid dienone is 2. The summed E-state index contributed by atoms with van der Waals surface area (Å²) in [5.41, 5.74) is 0. The lowest BCUT2D eigenvalue weighted by Gasteiger charge is -2.10. The first-order valence-corrected chi connectivity index (χ1v) is 7.81. The van der Waals surface area contributed by atoms with Crippen LogP contribution < -0.4 is 0 Å². The van der Waals surface area contributed by atoms with Crippen molar-refractivity contribution >= 4 is 0 Å². The van der Waals surface area contributed by atoms with Crippen molar-refractivity contribution in [2.24, 2.45) is 0 Å². The van der Waals surface area contributed by atoms with Crippen LogP contribution in [-0.2, 0) is 0 Å². The highest BCUT2D eigenvalue weighted by Gasteiger charge is 2.01. The van der Waals surface area contributed by atoms with Gasteiger partial charge in [0.2, 0.25) is 0 Å². The number of likely N-dealkylation sites (tertiary alicyclic amines) is 1. The van der Waals surface area contributed by atoms with E-state index in [-0.39, 0.29) is 0 Å². The van der Waals surface area contributed by atoms with Gasteiger partial charge in [0, 0.05) is 14.1 Å². The highest BCUT2D eigenvalue weighted by molar-refractivity contribution is 4.95. The monoisotopic (exact) mass is 270 g/mol. The SMILES string of the molecule is C=C/C=C\N(C)C.CC.CC.CN1CCCCCC1. The van der Waals surface area contributed by atoms with Gasteiger partial charge in [0.1, 0.15) is 0 Å². The molecule has 1 rings (SSSR count). The molecule has 2 nitrogen and oxygen atoms in total. The van der Waals surface area contributed by atoms with Gasteiger partial charge in [-0.25, -0.2) is 0 Å². The molecule has 19 heavy (non-hydrogen) atoms. The van der Waals surface area contributed by atoms with Crippen LogP contribution in [0.15, 0.2) is 24.9 Å². The van der Waals surface area contributed by atoms with E-state index in [4.69, 9.17) is 0 Å². The minimum Gasteiger partial charge on any atom is -0.383 e. The number of rotatable bonds is 2. The van der Waals surface area contributed by atoms with Crippen LogP contribution in [-0.4, -0.2) is 44.0 Å². The van der Waals surface area contributed by atoms with Gasteiger partial charge in [-0.1, -0.05) is 53.2 Å². The molecule has 0 bridgehead atoms. The first-order valence-electron chi connectivity index (χ1n) is 7.81. The molecule has 1 aliphatic rings. The van der Waals surface area contributed by atoms with E-state index < -0.39 is 0 Å². The van der Waals surface area contributed by atoms with Gasteiger partial charge in [-0.3, -0.25) is 0 Å². The van der Waals surface area contributed by atoms with Crippen molar-refractivity contribution in [1.29, 1.82) is 0 Å². The van der Waals surface area contributed by atoms with Gasteiger partial charge in [0.15, 0.2) is 0 Å². The van der Waals surface area contributed by atoms with Crippen LogP contribution in [0.3, 0.4) is 0 Å². The van der Waals surface area contributed by atoms with Crippen molar-refractivity contribution in [1.82, 2.24) is 9.80 Å². The second-order valence-electron chi connectivity index (χ2n) is 4.26. The first-order chi connectivity index (χ1) is 9.16. The summed E-state index contributed by atoms with van der Waals surface area (Å²) in [5.74, 6) is 0. The van der Waals surface area contributed by atoms with Crippen LogP contribution in [0.5, 0.6) is 0 Å². The number of hydrogen-bond donors (Lipinski definition) is 0. The Labute approximate surface area is 123 Å². The number of hydrogen-bond acceptors (Lipinski definition) is 2. The first kappa shape index (κ1) is 23.3. The molecule has 0 amide bonds. The molecule has 0 aromatic heterocycles. The molecule has 0 aromatic carbocycles. The molecule has 116 valence electrons. The van der Waals surface area contributed by atoms with E-state index in [0.717, 1.165) is 0 Å². The summed E-state index contributed by atoms with van der Waals surface area (Å²) in [4.78, 5) is 4.38. The zero-order valence-electron chi connectivity index (χ0n) is 14.6. The van der Waals surface area contributed by atoms with E-state index in [1.807, 2.05) is 59.0 Å². The normalized spacial score (nSPS) is 14.7. The van der Waals surface area contributed by atoms with Crippen LogP contribution in [0.1, 0.15) is 53.4 Å². The molecule has 1 fully saturated rings. The predicted octanol–water partition coefficient (Wildman–Crippen LogP) is 4.79. The molecule has 1 saturated heterocycles. The Morgan fingerprint density at radius 3 is 1.58 bits per heavy atom. The summed E-state index contributed by atoms with van der Waals surface area (Å²) in [5, 5.41) is 0. The average molecular weight is 271 g/mol. The Balaban J connectivity index is -0.000000215. The summed E-state index contributed by atoms with van der Waals surface area (Å²) in [6.07, 6.45) is 11.3. The third kappa shape index (κ3) is 26.7. The molecule has 0 aliphatic carbocycles. The van der Waals surface area contributed by atoms with E-state index in [1.54, 1.807) is 6.08 Å². The maximum atomic E-state index is 3.52. The van der Waals surface area contributed by atoms with Gasteiger partial charge in [-0.2, -0.15) is 0 Å². The second kappa shape index (κ2) is 22.4. The van der Waals surface area contributed by atoms with Crippen LogP contribution >= 0.6 is 0 Å². The zero-order chi connectivity index (χ0) is 15.5. The fourth-order valence-corrected chi connectivity index (χ4v) is 1.46. The molecule has 0 saturated carbocycles. The van der Waals surface area contributed by atoms with Crippen LogP contribution in [0, 0.1) is 0 Å². The molecule has 2 heteroatoms. The summed E-state index contributed by atoms with van der Waals surface area (Å²) in [6, 6.07) is 0. The Bertz CT molecular complexity index is 166. The van der Waals surface area contributed by atoms with Crippen LogP contribution in [0.2, 0.25) is 0 Å². The lowest BCUT2D eigenvalue weighted by atomic mass is 10.2. The maximum absolute atomic E-state index is 3.52. The molecule has 0 radical (unpaired) electrons.